The van der Waals surface area contributed by atoms with E-state index in [4.69, 9.17) is 0 Å². The fraction of sp³-hybridized carbons (Fsp3) is 0.455. The minimum Gasteiger partial charge on any atom is -0.336 e. The molecule has 3 rings (SSSR count). The summed E-state index contributed by atoms with van der Waals surface area (Å²) in [6.45, 7) is 3.29. The highest BCUT2D eigenvalue weighted by atomic mass is 32.1. The molecule has 18 heavy (non-hydrogen) atoms. The van der Waals surface area contributed by atoms with E-state index in [0.29, 0.717) is 17.1 Å². The van der Waals surface area contributed by atoms with Gasteiger partial charge in [0.05, 0.1) is 11.7 Å². The maximum Gasteiger partial charge on any atom is 0.267 e. The van der Waals surface area contributed by atoms with Crippen LogP contribution in [-0.4, -0.2) is 43.3 Å². The van der Waals surface area contributed by atoms with Crippen molar-refractivity contribution in [2.24, 2.45) is 0 Å². The monoisotopic (exact) mass is 263 g/mol. The molecule has 7 heteroatoms. The molecule has 0 aromatic carbocycles. The smallest absolute Gasteiger partial charge is 0.267 e. The second kappa shape index (κ2) is 4.49. The quantitative estimate of drug-likeness (QED) is 0.814. The number of hydrogen-bond donors (Lipinski definition) is 0. The summed E-state index contributed by atoms with van der Waals surface area (Å²) in [4.78, 5) is 14.8. The molecule has 0 radical (unpaired) electrons. The molecule has 0 spiro atoms. The third-order valence-corrected chi connectivity index (χ3v) is 4.01. The molecule has 1 aliphatic heterocycles. The van der Waals surface area contributed by atoms with Crippen molar-refractivity contribution >= 4 is 17.4 Å². The number of nitrogens with zero attached hydrogens (tertiary/aromatic N) is 5. The van der Waals surface area contributed by atoms with Crippen LogP contribution in [0.5, 0.6) is 0 Å². The molecular weight excluding hydrogens is 250 g/mol. The predicted octanol–water partition coefficient (Wildman–Crippen LogP) is 1.13. The summed E-state index contributed by atoms with van der Waals surface area (Å²) in [6, 6.07) is 2.19. The van der Waals surface area contributed by atoms with Gasteiger partial charge in [0.1, 0.15) is 4.88 Å². The highest BCUT2D eigenvalue weighted by Crippen LogP contribution is 2.23. The van der Waals surface area contributed by atoms with Gasteiger partial charge < -0.3 is 4.90 Å². The van der Waals surface area contributed by atoms with Crippen LogP contribution in [0.2, 0.25) is 0 Å². The first-order valence-electron chi connectivity index (χ1n) is 5.83. The number of hydrogen-bond acceptors (Lipinski definition) is 5. The number of carbonyl (C=O) groups excluding carboxylic acids is 1. The average Bonchev–Trinajstić information content (AvgIpc) is 3.09. The van der Waals surface area contributed by atoms with Gasteiger partial charge in [-0.1, -0.05) is 4.49 Å². The number of amides is 1. The molecule has 3 heterocycles. The Hall–Kier alpha value is -1.76. The van der Waals surface area contributed by atoms with E-state index < -0.39 is 0 Å². The van der Waals surface area contributed by atoms with E-state index in [9.17, 15) is 4.79 Å². The van der Waals surface area contributed by atoms with Crippen LogP contribution in [-0.2, 0) is 0 Å². The Labute approximate surface area is 108 Å². The molecule has 1 atom stereocenters. The van der Waals surface area contributed by atoms with Gasteiger partial charge >= 0.3 is 0 Å². The zero-order chi connectivity index (χ0) is 12.5. The van der Waals surface area contributed by atoms with Gasteiger partial charge in [0.15, 0.2) is 0 Å². The Morgan fingerprint density at radius 3 is 3.11 bits per heavy atom. The van der Waals surface area contributed by atoms with Crippen LogP contribution in [0.4, 0.5) is 0 Å². The van der Waals surface area contributed by atoms with Crippen molar-refractivity contribution < 1.29 is 4.79 Å². The molecule has 0 bridgehead atoms. The Balaban J connectivity index is 1.73. The summed E-state index contributed by atoms with van der Waals surface area (Å²) in [7, 11) is 0. The van der Waals surface area contributed by atoms with E-state index in [2.05, 4.69) is 14.7 Å². The van der Waals surface area contributed by atoms with Gasteiger partial charge in [-0.25, -0.2) is 0 Å². The predicted molar refractivity (Wildman–Crippen MR) is 66.4 cm³/mol. The van der Waals surface area contributed by atoms with E-state index in [1.807, 2.05) is 28.8 Å². The van der Waals surface area contributed by atoms with Gasteiger partial charge in [0.2, 0.25) is 0 Å². The summed E-state index contributed by atoms with van der Waals surface area (Å²) in [5, 5.41) is 8.11. The molecule has 2 aromatic rings. The lowest BCUT2D eigenvalue weighted by Crippen LogP contribution is -2.29. The first kappa shape index (κ1) is 11.3. The fourth-order valence-electron chi connectivity index (χ4n) is 2.21. The summed E-state index contributed by atoms with van der Waals surface area (Å²) >= 11 is 1.17. The summed E-state index contributed by atoms with van der Waals surface area (Å²) < 4.78 is 5.73. The van der Waals surface area contributed by atoms with Gasteiger partial charge in [0.25, 0.3) is 5.91 Å². The maximum atomic E-state index is 12.3. The minimum absolute atomic E-state index is 0.0390. The molecule has 1 amide bonds. The average molecular weight is 263 g/mol. The molecule has 0 saturated carbocycles. The number of aryl methyl sites for hydroxylation is 1. The Bertz CT molecular complexity index is 550. The van der Waals surface area contributed by atoms with Gasteiger partial charge in [-0.05, 0) is 30.9 Å². The van der Waals surface area contributed by atoms with E-state index in [0.717, 1.165) is 13.0 Å². The lowest BCUT2D eigenvalue weighted by molar-refractivity contribution is 0.0791. The van der Waals surface area contributed by atoms with Crippen LogP contribution in [0, 0.1) is 6.92 Å². The van der Waals surface area contributed by atoms with Crippen molar-refractivity contribution in [1.82, 2.24) is 24.3 Å². The second-order valence-corrected chi connectivity index (χ2v) is 5.12. The largest absolute Gasteiger partial charge is 0.336 e. The third-order valence-electron chi connectivity index (χ3n) is 3.20. The standard InChI is InChI=1S/C11H13N5OS/c1-8-10(18-14-13-8)11(17)15-6-3-9(7-15)16-5-2-4-12-16/h2,4-5,9H,3,6-7H2,1H3. The molecule has 2 aromatic heterocycles. The topological polar surface area (TPSA) is 63.9 Å². The molecule has 0 aliphatic carbocycles. The zero-order valence-electron chi connectivity index (χ0n) is 9.98. The molecule has 1 fully saturated rings. The van der Waals surface area contributed by atoms with E-state index in [-0.39, 0.29) is 11.9 Å². The van der Waals surface area contributed by atoms with Gasteiger partial charge in [-0.3, -0.25) is 9.48 Å². The van der Waals surface area contributed by atoms with Crippen LogP contribution >= 0.6 is 11.5 Å². The lowest BCUT2D eigenvalue weighted by Gasteiger charge is -2.15. The normalized spacial score (nSPS) is 19.4. The van der Waals surface area contributed by atoms with Crippen LogP contribution in [0.25, 0.3) is 0 Å². The molecule has 1 unspecified atom stereocenters. The number of rotatable bonds is 2. The van der Waals surface area contributed by atoms with Crippen LogP contribution in [0.3, 0.4) is 0 Å². The number of carbonyl (C=O) groups is 1. The van der Waals surface area contributed by atoms with Gasteiger partial charge in [-0.15, -0.1) is 5.10 Å². The summed E-state index contributed by atoms with van der Waals surface area (Å²) in [5.74, 6) is 0.0390. The summed E-state index contributed by atoms with van der Waals surface area (Å²) in [6.07, 6.45) is 4.65. The van der Waals surface area contributed by atoms with Crippen LogP contribution < -0.4 is 0 Å². The highest BCUT2D eigenvalue weighted by Gasteiger charge is 2.30. The SMILES string of the molecule is Cc1nnsc1C(=O)N1CCC(n2cccn2)C1. The molecule has 94 valence electrons. The van der Waals surface area contributed by atoms with Crippen molar-refractivity contribution in [3.05, 3.63) is 29.0 Å². The van der Waals surface area contributed by atoms with Gasteiger partial charge in [0, 0.05) is 25.5 Å². The molecule has 0 N–H and O–H groups in total. The van der Waals surface area contributed by atoms with Crippen molar-refractivity contribution in [1.29, 1.82) is 0 Å². The molecule has 1 aliphatic rings. The first-order valence-corrected chi connectivity index (χ1v) is 6.60. The lowest BCUT2D eigenvalue weighted by atomic mass is 10.3. The number of likely N-dealkylation sites (tertiary alicyclic amines) is 1. The van der Waals surface area contributed by atoms with E-state index >= 15 is 0 Å². The molecule has 6 nitrogen and oxygen atoms in total. The molecular formula is C11H13N5OS. The van der Waals surface area contributed by atoms with Crippen molar-refractivity contribution in [3.8, 4) is 0 Å². The highest BCUT2D eigenvalue weighted by molar-refractivity contribution is 7.07. The second-order valence-electron chi connectivity index (χ2n) is 4.37. The van der Waals surface area contributed by atoms with Crippen molar-refractivity contribution in [2.75, 3.05) is 13.1 Å². The minimum atomic E-state index is 0.0390. The van der Waals surface area contributed by atoms with Gasteiger partial charge in [-0.2, -0.15) is 5.10 Å². The summed E-state index contributed by atoms with van der Waals surface area (Å²) in [5.41, 5.74) is 0.715. The zero-order valence-corrected chi connectivity index (χ0v) is 10.8. The fourth-order valence-corrected chi connectivity index (χ4v) is 2.84. The van der Waals surface area contributed by atoms with E-state index in [1.165, 1.54) is 11.5 Å². The first-order chi connectivity index (χ1) is 8.75. The van der Waals surface area contributed by atoms with Crippen molar-refractivity contribution in [2.45, 2.75) is 19.4 Å². The van der Waals surface area contributed by atoms with E-state index in [1.54, 1.807) is 6.20 Å². The maximum absolute atomic E-state index is 12.3. The van der Waals surface area contributed by atoms with Crippen LogP contribution in [0.15, 0.2) is 18.5 Å². The Kier molecular flexibility index (Phi) is 2.83. The Morgan fingerprint density at radius 1 is 1.56 bits per heavy atom. The third kappa shape index (κ3) is 1.90. The Morgan fingerprint density at radius 2 is 2.44 bits per heavy atom. The molecule has 1 saturated heterocycles. The van der Waals surface area contributed by atoms with Crippen LogP contribution in [0.1, 0.15) is 27.8 Å². The van der Waals surface area contributed by atoms with Crippen molar-refractivity contribution in [3.63, 3.8) is 0 Å². The number of aromatic nitrogens is 4.